The van der Waals surface area contributed by atoms with E-state index < -0.39 is 0 Å². The van der Waals surface area contributed by atoms with Crippen molar-refractivity contribution < 1.29 is 4.79 Å². The number of para-hydroxylation sites is 1. The zero-order valence-electron chi connectivity index (χ0n) is 8.73. The molecule has 0 bridgehead atoms. The smallest absolute Gasteiger partial charge is 0.246 e. The third-order valence-electron chi connectivity index (χ3n) is 2.06. The zero-order valence-corrected chi connectivity index (χ0v) is 11.6. The summed E-state index contributed by atoms with van der Waals surface area (Å²) < 4.78 is 2.57. The first-order chi connectivity index (χ1) is 8.15. The van der Waals surface area contributed by atoms with Crippen molar-refractivity contribution in [3.05, 3.63) is 45.3 Å². The predicted molar refractivity (Wildman–Crippen MR) is 75.0 cm³/mol. The molecule has 1 heterocycles. The Kier molecular flexibility index (Phi) is 4.01. The average Bonchev–Trinajstić information content (AvgIpc) is 2.67. The third-order valence-corrected chi connectivity index (χ3v) is 2.94. The van der Waals surface area contributed by atoms with E-state index in [1.54, 1.807) is 29.2 Å². The number of hydrogen-bond acceptors (Lipinski definition) is 2. The van der Waals surface area contributed by atoms with Crippen LogP contribution in [0.3, 0.4) is 0 Å². The van der Waals surface area contributed by atoms with Crippen LogP contribution in [0.2, 0.25) is 5.02 Å². The van der Waals surface area contributed by atoms with E-state index in [1.165, 1.54) is 0 Å². The Morgan fingerprint density at radius 2 is 2.24 bits per heavy atom. The normalized spacial score (nSPS) is 10.2. The van der Waals surface area contributed by atoms with Crippen LogP contribution < -0.4 is 5.32 Å². The first-order valence-electron chi connectivity index (χ1n) is 4.87. The maximum Gasteiger partial charge on any atom is 0.246 e. The van der Waals surface area contributed by atoms with E-state index in [2.05, 4.69) is 33.0 Å². The Labute approximate surface area is 117 Å². The second-order valence-corrected chi connectivity index (χ2v) is 5.04. The summed E-state index contributed by atoms with van der Waals surface area (Å²) in [4.78, 5) is 11.7. The predicted octanol–water partition coefficient (Wildman–Crippen LogP) is 2.78. The van der Waals surface area contributed by atoms with Gasteiger partial charge in [-0.25, -0.2) is 0 Å². The Balaban J connectivity index is 2.01. The SMILES string of the molecule is O=C(Cn1cc(I)cn1)Nc1ccccc1Cl. The molecule has 1 N–H and O–H groups in total. The Bertz CT molecular complexity index is 541. The van der Waals surface area contributed by atoms with E-state index in [0.29, 0.717) is 10.7 Å². The molecule has 1 aromatic carbocycles. The van der Waals surface area contributed by atoms with Crippen molar-refractivity contribution in [2.45, 2.75) is 6.54 Å². The molecule has 0 aliphatic rings. The Hall–Kier alpha value is -1.08. The Morgan fingerprint density at radius 3 is 2.88 bits per heavy atom. The van der Waals surface area contributed by atoms with Gasteiger partial charge in [0.1, 0.15) is 6.54 Å². The number of carbonyl (C=O) groups excluding carboxylic acids is 1. The van der Waals surface area contributed by atoms with E-state index in [9.17, 15) is 4.79 Å². The molecule has 88 valence electrons. The molecule has 2 aromatic rings. The summed E-state index contributed by atoms with van der Waals surface area (Å²) in [5.74, 6) is -0.155. The number of benzene rings is 1. The second kappa shape index (κ2) is 5.50. The summed E-state index contributed by atoms with van der Waals surface area (Å²) in [6.45, 7) is 0.175. The molecule has 2 rings (SSSR count). The molecule has 0 radical (unpaired) electrons. The molecule has 1 aromatic heterocycles. The van der Waals surface area contributed by atoms with Gasteiger partial charge in [0.15, 0.2) is 0 Å². The van der Waals surface area contributed by atoms with Crippen LogP contribution in [-0.2, 0) is 11.3 Å². The van der Waals surface area contributed by atoms with Gasteiger partial charge >= 0.3 is 0 Å². The topological polar surface area (TPSA) is 46.9 Å². The van der Waals surface area contributed by atoms with Crippen LogP contribution in [0.5, 0.6) is 0 Å². The number of carbonyl (C=O) groups is 1. The number of anilines is 1. The highest BCUT2D eigenvalue weighted by molar-refractivity contribution is 14.1. The highest BCUT2D eigenvalue weighted by atomic mass is 127. The quantitative estimate of drug-likeness (QED) is 0.855. The van der Waals surface area contributed by atoms with Crippen molar-refractivity contribution in [3.8, 4) is 0 Å². The molecule has 0 aliphatic heterocycles. The van der Waals surface area contributed by atoms with Crippen molar-refractivity contribution in [3.63, 3.8) is 0 Å². The van der Waals surface area contributed by atoms with Crippen molar-refractivity contribution >= 4 is 45.8 Å². The molecular formula is C11H9ClIN3O. The standard InChI is InChI=1S/C11H9ClIN3O/c12-9-3-1-2-4-10(9)15-11(17)7-16-6-8(13)5-14-16/h1-6H,7H2,(H,15,17). The van der Waals surface area contributed by atoms with Crippen molar-refractivity contribution in [2.24, 2.45) is 0 Å². The zero-order chi connectivity index (χ0) is 12.3. The van der Waals surface area contributed by atoms with E-state index in [0.717, 1.165) is 3.57 Å². The molecule has 0 fully saturated rings. The Morgan fingerprint density at radius 1 is 1.47 bits per heavy atom. The van der Waals surface area contributed by atoms with Crippen molar-refractivity contribution in [1.82, 2.24) is 9.78 Å². The molecule has 1 amide bonds. The van der Waals surface area contributed by atoms with Crippen LogP contribution in [-0.4, -0.2) is 15.7 Å². The van der Waals surface area contributed by atoms with Gasteiger partial charge in [0.25, 0.3) is 0 Å². The third kappa shape index (κ3) is 3.44. The van der Waals surface area contributed by atoms with E-state index in [4.69, 9.17) is 11.6 Å². The summed E-state index contributed by atoms with van der Waals surface area (Å²) in [7, 11) is 0. The van der Waals surface area contributed by atoms with Gasteiger partial charge in [-0.05, 0) is 34.7 Å². The molecule has 0 unspecified atom stereocenters. The van der Waals surface area contributed by atoms with Crippen LogP contribution in [0.4, 0.5) is 5.69 Å². The summed E-state index contributed by atoms with van der Waals surface area (Å²) in [5.41, 5.74) is 0.612. The number of hydrogen-bond donors (Lipinski definition) is 1. The molecule has 0 saturated carbocycles. The number of halogens is 2. The van der Waals surface area contributed by atoms with Crippen LogP contribution in [0.1, 0.15) is 0 Å². The fourth-order valence-electron chi connectivity index (χ4n) is 1.32. The monoisotopic (exact) mass is 361 g/mol. The van der Waals surface area contributed by atoms with Gasteiger partial charge in [-0.1, -0.05) is 23.7 Å². The molecule has 0 aliphatic carbocycles. The molecule has 6 heteroatoms. The number of nitrogens with zero attached hydrogens (tertiary/aromatic N) is 2. The average molecular weight is 362 g/mol. The van der Waals surface area contributed by atoms with Crippen LogP contribution in [0.25, 0.3) is 0 Å². The maximum absolute atomic E-state index is 11.7. The number of aromatic nitrogens is 2. The minimum atomic E-state index is -0.155. The van der Waals surface area contributed by atoms with Gasteiger partial charge in [-0.15, -0.1) is 0 Å². The van der Waals surface area contributed by atoms with Crippen molar-refractivity contribution in [2.75, 3.05) is 5.32 Å². The molecule has 0 spiro atoms. The van der Waals surface area contributed by atoms with Gasteiger partial charge in [0.05, 0.1) is 20.5 Å². The van der Waals surface area contributed by atoms with Crippen LogP contribution in [0, 0.1) is 3.57 Å². The summed E-state index contributed by atoms with van der Waals surface area (Å²) in [6, 6.07) is 7.12. The highest BCUT2D eigenvalue weighted by Gasteiger charge is 2.06. The second-order valence-electron chi connectivity index (χ2n) is 3.38. The fraction of sp³-hybridized carbons (Fsp3) is 0.0909. The molecular weight excluding hydrogens is 352 g/mol. The van der Waals surface area contributed by atoms with E-state index >= 15 is 0 Å². The lowest BCUT2D eigenvalue weighted by Crippen LogP contribution is -2.19. The van der Waals surface area contributed by atoms with Gasteiger partial charge in [-0.3, -0.25) is 9.48 Å². The van der Waals surface area contributed by atoms with Gasteiger partial charge in [0.2, 0.25) is 5.91 Å². The summed E-state index contributed by atoms with van der Waals surface area (Å²) in [6.07, 6.45) is 3.50. The van der Waals surface area contributed by atoms with Gasteiger partial charge in [0, 0.05) is 6.20 Å². The number of amides is 1. The van der Waals surface area contributed by atoms with Gasteiger partial charge < -0.3 is 5.32 Å². The van der Waals surface area contributed by atoms with Crippen LogP contribution >= 0.6 is 34.2 Å². The lowest BCUT2D eigenvalue weighted by atomic mass is 10.3. The summed E-state index contributed by atoms with van der Waals surface area (Å²) in [5, 5.41) is 7.29. The minimum Gasteiger partial charge on any atom is -0.323 e. The minimum absolute atomic E-state index is 0.155. The fourth-order valence-corrected chi connectivity index (χ4v) is 1.95. The maximum atomic E-state index is 11.7. The van der Waals surface area contributed by atoms with E-state index in [-0.39, 0.29) is 12.5 Å². The largest absolute Gasteiger partial charge is 0.323 e. The van der Waals surface area contributed by atoms with E-state index in [1.807, 2.05) is 12.1 Å². The molecule has 0 saturated heterocycles. The van der Waals surface area contributed by atoms with Crippen molar-refractivity contribution in [1.29, 1.82) is 0 Å². The number of nitrogens with one attached hydrogen (secondary N) is 1. The highest BCUT2D eigenvalue weighted by Crippen LogP contribution is 2.20. The molecule has 4 nitrogen and oxygen atoms in total. The first-order valence-corrected chi connectivity index (χ1v) is 6.33. The lowest BCUT2D eigenvalue weighted by Gasteiger charge is -2.06. The lowest BCUT2D eigenvalue weighted by molar-refractivity contribution is -0.116. The summed E-state index contributed by atoms with van der Waals surface area (Å²) >= 11 is 8.08. The number of rotatable bonds is 3. The molecule has 17 heavy (non-hydrogen) atoms. The molecule has 0 atom stereocenters. The van der Waals surface area contributed by atoms with Gasteiger partial charge in [-0.2, -0.15) is 5.10 Å². The van der Waals surface area contributed by atoms with Crippen LogP contribution in [0.15, 0.2) is 36.7 Å². The first kappa shape index (κ1) is 12.4.